The lowest BCUT2D eigenvalue weighted by Gasteiger charge is -2.11. The standard InChI is InChI=1S/C13H10ClF3N2O.ClH/c14-6-9-5-12(18)19-7-11(9)8-1-3-10(4-2-8)20-13(15,16)17;/h1-5,7H,6H2,(H2,18,19);1H. The molecule has 0 saturated carbocycles. The molecule has 0 bridgehead atoms. The predicted molar refractivity (Wildman–Crippen MR) is 77.6 cm³/mol. The number of anilines is 1. The molecule has 114 valence electrons. The molecule has 0 amide bonds. The first-order valence-electron chi connectivity index (χ1n) is 5.55. The van der Waals surface area contributed by atoms with E-state index in [0.717, 1.165) is 5.56 Å². The molecule has 0 saturated heterocycles. The molecule has 8 heteroatoms. The average molecular weight is 339 g/mol. The molecule has 3 nitrogen and oxygen atoms in total. The Morgan fingerprint density at radius 3 is 2.33 bits per heavy atom. The van der Waals surface area contributed by atoms with Crippen LogP contribution in [-0.2, 0) is 5.88 Å². The molecule has 2 N–H and O–H groups in total. The van der Waals surface area contributed by atoms with Crippen LogP contribution in [0.1, 0.15) is 5.56 Å². The molecule has 0 fully saturated rings. The van der Waals surface area contributed by atoms with Gasteiger partial charge in [0.1, 0.15) is 11.6 Å². The molecule has 0 aliphatic carbocycles. The zero-order valence-corrected chi connectivity index (χ0v) is 12.1. The summed E-state index contributed by atoms with van der Waals surface area (Å²) in [6.07, 6.45) is -3.17. The first-order valence-corrected chi connectivity index (χ1v) is 6.09. The van der Waals surface area contributed by atoms with E-state index in [0.29, 0.717) is 16.9 Å². The van der Waals surface area contributed by atoms with E-state index < -0.39 is 6.36 Å². The Bertz CT molecular complexity index is 603. The molecule has 0 aliphatic heterocycles. The topological polar surface area (TPSA) is 48.1 Å². The molecule has 0 atom stereocenters. The van der Waals surface area contributed by atoms with E-state index in [1.54, 1.807) is 6.07 Å². The molecule has 21 heavy (non-hydrogen) atoms. The monoisotopic (exact) mass is 338 g/mol. The first kappa shape index (κ1) is 17.4. The van der Waals surface area contributed by atoms with Crippen LogP contribution in [0.2, 0.25) is 0 Å². The number of pyridine rings is 1. The van der Waals surface area contributed by atoms with E-state index in [2.05, 4.69) is 9.72 Å². The number of alkyl halides is 4. The third kappa shape index (κ3) is 4.68. The van der Waals surface area contributed by atoms with Gasteiger partial charge in [0.2, 0.25) is 0 Å². The number of nitrogen functional groups attached to an aromatic ring is 1. The van der Waals surface area contributed by atoms with Crippen LogP contribution < -0.4 is 10.5 Å². The van der Waals surface area contributed by atoms with Crippen LogP contribution in [0.25, 0.3) is 11.1 Å². The summed E-state index contributed by atoms with van der Waals surface area (Å²) in [7, 11) is 0. The zero-order chi connectivity index (χ0) is 14.8. The highest BCUT2D eigenvalue weighted by Crippen LogP contribution is 2.29. The summed E-state index contributed by atoms with van der Waals surface area (Å²) in [4.78, 5) is 3.95. The number of rotatable bonds is 3. The summed E-state index contributed by atoms with van der Waals surface area (Å²) >= 11 is 5.82. The maximum Gasteiger partial charge on any atom is 0.573 e. The van der Waals surface area contributed by atoms with Crippen LogP contribution in [-0.4, -0.2) is 11.3 Å². The van der Waals surface area contributed by atoms with Gasteiger partial charge in [0.15, 0.2) is 0 Å². The minimum Gasteiger partial charge on any atom is -0.406 e. The van der Waals surface area contributed by atoms with Crippen molar-refractivity contribution >= 4 is 29.8 Å². The maximum atomic E-state index is 12.1. The average Bonchev–Trinajstić information content (AvgIpc) is 2.38. The molecule has 1 heterocycles. The van der Waals surface area contributed by atoms with Crippen molar-refractivity contribution in [3.05, 3.63) is 42.1 Å². The lowest BCUT2D eigenvalue weighted by atomic mass is 10.0. The van der Waals surface area contributed by atoms with E-state index in [-0.39, 0.29) is 24.0 Å². The van der Waals surface area contributed by atoms with E-state index in [9.17, 15) is 13.2 Å². The number of nitrogens with two attached hydrogens (primary N) is 1. The number of benzene rings is 1. The van der Waals surface area contributed by atoms with Gasteiger partial charge >= 0.3 is 6.36 Å². The van der Waals surface area contributed by atoms with Gasteiger partial charge in [0.25, 0.3) is 0 Å². The van der Waals surface area contributed by atoms with Gasteiger partial charge in [-0.15, -0.1) is 37.2 Å². The van der Waals surface area contributed by atoms with Gasteiger partial charge in [-0.05, 0) is 29.3 Å². The second kappa shape index (κ2) is 6.87. The minimum atomic E-state index is -4.70. The SMILES string of the molecule is Cl.Nc1cc(CCl)c(-c2ccc(OC(F)(F)F)cc2)cn1. The van der Waals surface area contributed by atoms with Gasteiger partial charge in [-0.2, -0.15) is 0 Å². The smallest absolute Gasteiger partial charge is 0.406 e. The van der Waals surface area contributed by atoms with Crippen LogP contribution >= 0.6 is 24.0 Å². The van der Waals surface area contributed by atoms with Crippen molar-refractivity contribution in [2.24, 2.45) is 0 Å². The lowest BCUT2D eigenvalue weighted by Crippen LogP contribution is -2.16. The summed E-state index contributed by atoms with van der Waals surface area (Å²) < 4.78 is 40.0. The van der Waals surface area contributed by atoms with Crippen LogP contribution in [0.5, 0.6) is 5.75 Å². The van der Waals surface area contributed by atoms with Crippen LogP contribution in [0.3, 0.4) is 0 Å². The van der Waals surface area contributed by atoms with Crippen LogP contribution in [0.4, 0.5) is 19.0 Å². The highest BCUT2D eigenvalue weighted by Gasteiger charge is 2.30. The Hall–Kier alpha value is -1.66. The van der Waals surface area contributed by atoms with Crippen molar-refractivity contribution in [2.45, 2.75) is 12.2 Å². The van der Waals surface area contributed by atoms with Crippen molar-refractivity contribution < 1.29 is 17.9 Å². The Morgan fingerprint density at radius 1 is 1.19 bits per heavy atom. The second-order valence-corrected chi connectivity index (χ2v) is 4.24. The van der Waals surface area contributed by atoms with Gasteiger partial charge in [-0.25, -0.2) is 4.98 Å². The lowest BCUT2D eigenvalue weighted by molar-refractivity contribution is -0.274. The molecule has 2 rings (SSSR count). The van der Waals surface area contributed by atoms with Crippen molar-refractivity contribution in [1.82, 2.24) is 4.98 Å². The van der Waals surface area contributed by atoms with Crippen molar-refractivity contribution in [2.75, 3.05) is 5.73 Å². The first-order chi connectivity index (χ1) is 9.39. The normalized spacial score (nSPS) is 10.9. The third-order valence-electron chi connectivity index (χ3n) is 2.55. The molecule has 0 spiro atoms. The fraction of sp³-hybridized carbons (Fsp3) is 0.154. The molecule has 0 aliphatic rings. The number of ether oxygens (including phenoxy) is 1. The van der Waals surface area contributed by atoms with Crippen molar-refractivity contribution in [3.8, 4) is 16.9 Å². The van der Waals surface area contributed by atoms with E-state index in [1.807, 2.05) is 0 Å². The number of hydrogen-bond acceptors (Lipinski definition) is 3. The summed E-state index contributed by atoms with van der Waals surface area (Å²) in [5.41, 5.74) is 7.71. The number of aromatic nitrogens is 1. The molecule has 0 radical (unpaired) electrons. The van der Waals surface area contributed by atoms with Gasteiger partial charge in [-0.3, -0.25) is 0 Å². The van der Waals surface area contributed by atoms with Gasteiger partial charge in [0, 0.05) is 17.6 Å². The molecule has 1 aromatic carbocycles. The summed E-state index contributed by atoms with van der Waals surface area (Å²) in [6.45, 7) is 0. The van der Waals surface area contributed by atoms with Gasteiger partial charge in [0.05, 0.1) is 0 Å². The van der Waals surface area contributed by atoms with Gasteiger partial charge < -0.3 is 10.5 Å². The maximum absolute atomic E-state index is 12.1. The minimum absolute atomic E-state index is 0. The zero-order valence-electron chi connectivity index (χ0n) is 10.5. The van der Waals surface area contributed by atoms with Crippen molar-refractivity contribution in [3.63, 3.8) is 0 Å². The molecular weight excluding hydrogens is 328 g/mol. The predicted octanol–water partition coefficient (Wildman–Crippen LogP) is 4.39. The van der Waals surface area contributed by atoms with E-state index in [1.165, 1.54) is 30.5 Å². The van der Waals surface area contributed by atoms with Crippen LogP contribution in [0, 0.1) is 0 Å². The molecular formula is C13H11Cl2F3N2O. The third-order valence-corrected chi connectivity index (χ3v) is 2.84. The van der Waals surface area contributed by atoms with E-state index >= 15 is 0 Å². The van der Waals surface area contributed by atoms with Crippen molar-refractivity contribution in [1.29, 1.82) is 0 Å². The summed E-state index contributed by atoms with van der Waals surface area (Å²) in [5.74, 6) is 0.279. The Morgan fingerprint density at radius 2 is 1.81 bits per heavy atom. The summed E-state index contributed by atoms with van der Waals surface area (Å²) in [5, 5.41) is 0. The Kier molecular flexibility index (Phi) is 5.69. The highest BCUT2D eigenvalue weighted by atomic mass is 35.5. The second-order valence-electron chi connectivity index (χ2n) is 3.97. The van der Waals surface area contributed by atoms with E-state index in [4.69, 9.17) is 17.3 Å². The highest BCUT2D eigenvalue weighted by molar-refractivity contribution is 6.17. The molecule has 0 unspecified atom stereocenters. The Labute approximate surface area is 130 Å². The number of halogens is 5. The van der Waals surface area contributed by atoms with Gasteiger partial charge in [-0.1, -0.05) is 12.1 Å². The fourth-order valence-corrected chi connectivity index (χ4v) is 1.94. The quantitative estimate of drug-likeness (QED) is 0.844. The fourth-order valence-electron chi connectivity index (χ4n) is 1.72. The molecule has 2 aromatic rings. The number of hydrogen-bond donors (Lipinski definition) is 1. The number of nitrogens with zero attached hydrogens (tertiary/aromatic N) is 1. The van der Waals surface area contributed by atoms with Crippen LogP contribution in [0.15, 0.2) is 36.5 Å². The summed E-state index contributed by atoms with van der Waals surface area (Å²) in [6, 6.07) is 7.10. The largest absolute Gasteiger partial charge is 0.573 e. The Balaban J connectivity index is 0.00000220. The molecule has 1 aromatic heterocycles.